The zero-order chi connectivity index (χ0) is 65.3. The van der Waals surface area contributed by atoms with E-state index in [9.17, 15) is 47.1 Å². The number of nitrogen functional groups attached to an aromatic ring is 1. The van der Waals surface area contributed by atoms with Crippen molar-refractivity contribution in [3.8, 4) is 11.4 Å². The highest BCUT2D eigenvalue weighted by Gasteiger charge is 2.34. The van der Waals surface area contributed by atoms with Crippen LogP contribution in [0.2, 0.25) is 15.3 Å². The normalized spacial score (nSPS) is 13.6. The molecule has 5 aromatic rings. The van der Waals surface area contributed by atoms with Gasteiger partial charge in [0.1, 0.15) is 37.7 Å². The van der Waals surface area contributed by atoms with Crippen LogP contribution in [0.5, 0.6) is 5.75 Å². The molecule has 0 saturated heterocycles. The van der Waals surface area contributed by atoms with E-state index in [0.29, 0.717) is 53.9 Å². The molecule has 7 N–H and O–H groups in total. The zero-order valence-corrected chi connectivity index (χ0v) is 54.7. The predicted octanol–water partition coefficient (Wildman–Crippen LogP) is 10.3. The molecule has 3 atom stereocenters. The van der Waals surface area contributed by atoms with E-state index in [0.717, 1.165) is 46.3 Å². The van der Waals surface area contributed by atoms with Gasteiger partial charge in [0.15, 0.2) is 4.84 Å². The van der Waals surface area contributed by atoms with Crippen molar-refractivity contribution < 1.29 is 61.4 Å². The Balaban J connectivity index is 0.000000531. The number of anilines is 5. The third-order valence-corrected chi connectivity index (χ3v) is 12.2. The van der Waals surface area contributed by atoms with Crippen LogP contribution >= 0.6 is 77.2 Å². The molecule has 474 valence electrons. The van der Waals surface area contributed by atoms with Crippen molar-refractivity contribution in [2.45, 2.75) is 90.4 Å². The van der Waals surface area contributed by atoms with Crippen LogP contribution < -0.4 is 41.1 Å². The maximum atomic E-state index is 12.6. The summed E-state index contributed by atoms with van der Waals surface area (Å²) < 4.78 is 59.3. The summed E-state index contributed by atoms with van der Waals surface area (Å²) in [5.74, 6) is -0.338. The number of aliphatic carboxylic acids is 1. The minimum atomic E-state index is -4.63. The van der Waals surface area contributed by atoms with Crippen LogP contribution in [-0.4, -0.2) is 144 Å². The summed E-state index contributed by atoms with van der Waals surface area (Å²) in [4.78, 5) is 76.1. The number of carboxylic acids is 1. The molecule has 3 aromatic carbocycles. The number of aromatic nitrogens is 5. The number of rotatable bonds is 16. The number of hydrogen-bond donors (Lipinski definition) is 6. The molecule has 0 aliphatic carbocycles. The number of aryl methyl sites for hydroxylation is 2. The first kappa shape index (κ1) is 77.9. The second-order valence-electron chi connectivity index (χ2n) is 19.1. The average molecular weight is 1360 g/mol. The Morgan fingerprint density at radius 2 is 1.60 bits per heavy atom. The van der Waals surface area contributed by atoms with Crippen molar-refractivity contribution in [1.29, 1.82) is 0 Å². The number of methoxy groups -OCH3 is 1. The largest absolute Gasteiger partial charge is 0.778 e. The van der Waals surface area contributed by atoms with Crippen LogP contribution in [0, 0.1) is 17.0 Å². The molecule has 6 rings (SSSR count). The fraction of sp³-hybridized carbons (Fsp3) is 0.471. The highest BCUT2D eigenvalue weighted by molar-refractivity contribution is 7.94. The molecule has 3 unspecified atom stereocenters. The standard InChI is InChI=1S/C15H22ClNO2.C11H11Cl2NO2.C10H5Cl2F3N4O2.C9H16ClN5.C3H8NO5P.C3H9S/c1-5-13-8-6-7-11(2)15(13)17(14(18)9-16)12(3)10-19-4;1-7-6-16-9-5-3-2-4-8(9)14(7)11(15)10(12)13;11-5-1-4(10(13,14)15)2-6(12)8(5)18-9(16)7(3-17-18)19(20)21;1-5-11-7-12-6(10)13-8(14-7)15-9(2,3)4;5-3(6)1-4-2-10(7,8)9;1-4(2)3/h6-8,12H,5,9-10H2,1-4H3;2-5,7,10H,6H2,1H3;1-3H,16H2;5H2,1-4H3,(H2,11,12,13,14,15);4H,1-2H2,(H,5,6)(H2,7,8,9);1-3H3/q;;;;;+1/p-1. The molecule has 2 aromatic heterocycles. The van der Waals surface area contributed by atoms with E-state index in [4.69, 9.17) is 94.8 Å². The fourth-order valence-corrected chi connectivity index (χ4v) is 8.49. The predicted molar refractivity (Wildman–Crippen MR) is 332 cm³/mol. The quantitative estimate of drug-likeness (QED) is 0.0176. The van der Waals surface area contributed by atoms with E-state index in [1.54, 1.807) is 16.9 Å². The van der Waals surface area contributed by atoms with Gasteiger partial charge in [0, 0.05) is 19.2 Å². The van der Waals surface area contributed by atoms with Crippen molar-refractivity contribution in [3.05, 3.63) is 103 Å². The first-order chi connectivity index (χ1) is 39.3. The van der Waals surface area contributed by atoms with Gasteiger partial charge in [-0.15, -0.1) is 11.6 Å². The molecule has 0 radical (unpaired) electrons. The smallest absolute Gasteiger partial charge is 0.416 e. The SMILES string of the molecule is CC1COc2ccccc2N1C(=O)C(Cl)Cl.CCNc1nc(Cl)nc(NC(C)(C)C)n1.CCc1cccc(C)c1N(C(=O)CCl)C(C)COC.C[S+](C)C.Nc1c([N+](=O)[O-])cnn1-c1c(Cl)cc(C(F)(F)F)cc1Cl.O=C(O)CNCP(=O)([O-])O. The molecule has 34 heteroatoms. The number of nitro groups is 1. The van der Waals surface area contributed by atoms with Crippen LogP contribution in [0.1, 0.15) is 65.2 Å². The third-order valence-electron chi connectivity index (χ3n) is 10.2. The Morgan fingerprint density at radius 1 is 1.02 bits per heavy atom. The van der Waals surface area contributed by atoms with Crippen LogP contribution in [0.15, 0.2) is 60.8 Å². The van der Waals surface area contributed by atoms with Crippen molar-refractivity contribution in [2.24, 2.45) is 0 Å². The lowest BCUT2D eigenvalue weighted by molar-refractivity contribution is -0.383. The lowest BCUT2D eigenvalue weighted by atomic mass is 10.0. The molecule has 2 amide bonds. The van der Waals surface area contributed by atoms with Gasteiger partial charge in [0.2, 0.25) is 28.9 Å². The Kier molecular flexibility index (Phi) is 33.8. The number of carbonyl (C=O) groups excluding carboxylic acids is 2. The summed E-state index contributed by atoms with van der Waals surface area (Å²) in [7, 11) is -2.07. The number of amides is 2. The van der Waals surface area contributed by atoms with Gasteiger partial charge in [0.25, 0.3) is 5.91 Å². The minimum Gasteiger partial charge on any atom is -0.778 e. The number of fused-ring (bicyclic) bond motifs is 1. The highest BCUT2D eigenvalue weighted by atomic mass is 35.5. The first-order valence-electron chi connectivity index (χ1n) is 25.1. The summed E-state index contributed by atoms with van der Waals surface area (Å²) in [5, 5.41) is 29.8. The zero-order valence-electron chi connectivity index (χ0n) is 48.4. The number of carboxylic acid groups (broad SMARTS) is 1. The molecular formula is C51H70Cl6F3N12O11PS. The van der Waals surface area contributed by atoms with E-state index in [2.05, 4.69) is 62.4 Å². The molecule has 0 spiro atoms. The number of halogens is 9. The van der Waals surface area contributed by atoms with Gasteiger partial charge in [-0.2, -0.15) is 33.2 Å². The number of nitrogens with one attached hydrogen (secondary N) is 3. The Hall–Kier alpha value is -5.16. The Labute approximate surface area is 524 Å². The minimum absolute atomic E-state index is 0.0223. The molecule has 0 saturated carbocycles. The van der Waals surface area contributed by atoms with E-state index >= 15 is 0 Å². The van der Waals surface area contributed by atoms with Gasteiger partial charge < -0.3 is 55.1 Å². The van der Waals surface area contributed by atoms with E-state index in [-0.39, 0.29) is 56.3 Å². The molecule has 3 heterocycles. The van der Waals surface area contributed by atoms with Gasteiger partial charge in [-0.3, -0.25) is 29.8 Å². The van der Waals surface area contributed by atoms with Crippen molar-refractivity contribution in [1.82, 2.24) is 30.0 Å². The highest BCUT2D eigenvalue weighted by Crippen LogP contribution is 2.39. The lowest BCUT2D eigenvalue weighted by Crippen LogP contribution is -2.47. The number of para-hydroxylation sites is 3. The van der Waals surface area contributed by atoms with Gasteiger partial charge in [-0.1, -0.05) is 83.7 Å². The van der Waals surface area contributed by atoms with Gasteiger partial charge in [0.05, 0.1) is 82.2 Å². The van der Waals surface area contributed by atoms with E-state index < -0.39 is 59.4 Å². The fourth-order valence-electron chi connectivity index (χ4n) is 6.94. The molecule has 0 bridgehead atoms. The second kappa shape index (κ2) is 36.9. The average Bonchev–Trinajstić information content (AvgIpc) is 3.53. The van der Waals surface area contributed by atoms with Crippen LogP contribution in [0.3, 0.4) is 0 Å². The summed E-state index contributed by atoms with van der Waals surface area (Å²) >= 11 is 34.3. The number of ether oxygens (including phenoxy) is 2. The number of nitrogens with zero attached hydrogens (tertiary/aromatic N) is 8. The molecular weight excluding hydrogens is 1290 g/mol. The van der Waals surface area contributed by atoms with Crippen LogP contribution in [0.4, 0.5) is 47.9 Å². The van der Waals surface area contributed by atoms with E-state index in [1.807, 2.05) is 90.2 Å². The van der Waals surface area contributed by atoms with Crippen molar-refractivity contribution in [2.75, 3.05) is 90.5 Å². The summed E-state index contributed by atoms with van der Waals surface area (Å²) in [6, 6.07) is 14.6. The number of benzene rings is 3. The number of hydrogen-bond acceptors (Lipinski definition) is 17. The third kappa shape index (κ3) is 27.6. The maximum absolute atomic E-state index is 12.6. The van der Waals surface area contributed by atoms with Crippen LogP contribution in [-0.2, 0) is 47.2 Å². The molecule has 1 aliphatic heterocycles. The number of carbonyl (C=O) groups is 3. The van der Waals surface area contributed by atoms with Gasteiger partial charge in [-0.25, -0.2) is 4.68 Å². The Morgan fingerprint density at radius 3 is 2.07 bits per heavy atom. The molecule has 85 heavy (non-hydrogen) atoms. The van der Waals surface area contributed by atoms with Gasteiger partial charge >= 0.3 is 17.8 Å². The Bertz CT molecular complexity index is 3000. The van der Waals surface area contributed by atoms with Crippen molar-refractivity contribution >= 4 is 141 Å². The summed E-state index contributed by atoms with van der Waals surface area (Å²) in [5.41, 5.74) is 7.61. The van der Waals surface area contributed by atoms with Crippen LogP contribution in [0.25, 0.3) is 5.69 Å². The molecule has 0 fully saturated rings. The first-order valence-corrected chi connectivity index (χ1v) is 31.8. The van der Waals surface area contributed by atoms with E-state index in [1.165, 1.54) is 0 Å². The van der Waals surface area contributed by atoms with Crippen molar-refractivity contribution in [3.63, 3.8) is 0 Å². The monoisotopic (exact) mass is 1360 g/mol. The molecule has 1 aliphatic rings. The number of alkyl halides is 6. The summed E-state index contributed by atoms with van der Waals surface area (Å²) in [6.07, 6.45) is 2.97. The lowest BCUT2D eigenvalue weighted by Gasteiger charge is -2.35. The molecule has 23 nitrogen and oxygen atoms in total. The summed E-state index contributed by atoms with van der Waals surface area (Å²) in [6.45, 7) is 17.2. The number of nitrogens with two attached hydrogens (primary N) is 1. The van der Waals surface area contributed by atoms with Gasteiger partial charge in [-0.05, 0) is 113 Å². The second-order valence-corrected chi connectivity index (χ2v) is 25.7. The maximum Gasteiger partial charge on any atom is 0.416 e. The topological polar surface area (TPSA) is 318 Å².